The molecule has 1 heterocycles. The number of pyridine rings is 1. The predicted octanol–water partition coefficient (Wildman–Crippen LogP) is 4.93. The third kappa shape index (κ3) is 5.49. The van der Waals surface area contributed by atoms with Crippen LogP contribution in [-0.4, -0.2) is 35.1 Å². The van der Waals surface area contributed by atoms with Gasteiger partial charge in [-0.2, -0.15) is 0 Å². The molecule has 1 aliphatic carbocycles. The molecule has 1 aliphatic rings. The van der Waals surface area contributed by atoms with E-state index in [4.69, 9.17) is 9.84 Å². The van der Waals surface area contributed by atoms with Gasteiger partial charge in [-0.05, 0) is 71.0 Å². The number of rotatable bonds is 10. The standard InChI is InChI=1S/C27H25FN2O4/c28-19-11-12-22-20-7-1-2-8-21(20)23(24(22)17-19)16-18-6-5-13-30-27(18)34-15-14-29-25(31)9-3-4-10-26(32)33/h1-2,5-8,11-13,16-17H,3-4,9-10,14-15H2,(H,29,31)(H,32,33). The lowest BCUT2D eigenvalue weighted by Crippen LogP contribution is -2.28. The van der Waals surface area contributed by atoms with E-state index in [2.05, 4.69) is 10.3 Å². The zero-order valence-corrected chi connectivity index (χ0v) is 18.6. The number of amides is 1. The molecule has 0 saturated heterocycles. The topological polar surface area (TPSA) is 88.5 Å². The van der Waals surface area contributed by atoms with Crippen LogP contribution in [0.5, 0.6) is 5.88 Å². The summed E-state index contributed by atoms with van der Waals surface area (Å²) >= 11 is 0. The van der Waals surface area contributed by atoms with Gasteiger partial charge in [0.15, 0.2) is 0 Å². The molecule has 0 atom stereocenters. The molecule has 174 valence electrons. The Morgan fingerprint density at radius 1 is 0.971 bits per heavy atom. The number of carboxylic acid groups (broad SMARTS) is 1. The average molecular weight is 461 g/mol. The summed E-state index contributed by atoms with van der Waals surface area (Å²) in [6.45, 7) is 0.539. The van der Waals surface area contributed by atoms with Gasteiger partial charge in [0.05, 0.1) is 6.54 Å². The first-order valence-electron chi connectivity index (χ1n) is 11.2. The lowest BCUT2D eigenvalue weighted by molar-refractivity contribution is -0.137. The maximum absolute atomic E-state index is 14.1. The van der Waals surface area contributed by atoms with Gasteiger partial charge in [-0.3, -0.25) is 9.59 Å². The van der Waals surface area contributed by atoms with Crippen LogP contribution in [0.25, 0.3) is 22.8 Å². The van der Waals surface area contributed by atoms with Crippen molar-refractivity contribution in [3.8, 4) is 17.0 Å². The van der Waals surface area contributed by atoms with Gasteiger partial charge < -0.3 is 15.2 Å². The van der Waals surface area contributed by atoms with E-state index in [1.54, 1.807) is 18.3 Å². The SMILES string of the molecule is O=C(O)CCCCC(=O)NCCOc1ncccc1C=C1c2ccccc2-c2ccc(F)cc21. The summed E-state index contributed by atoms with van der Waals surface area (Å²) in [5.41, 5.74) is 5.54. The Morgan fingerprint density at radius 2 is 1.74 bits per heavy atom. The van der Waals surface area contributed by atoms with Crippen LogP contribution in [0.2, 0.25) is 0 Å². The van der Waals surface area contributed by atoms with Gasteiger partial charge in [0.1, 0.15) is 12.4 Å². The van der Waals surface area contributed by atoms with Crippen LogP contribution in [0.1, 0.15) is 42.4 Å². The Labute approximate surface area is 197 Å². The van der Waals surface area contributed by atoms with Crippen LogP contribution in [0.4, 0.5) is 4.39 Å². The number of benzene rings is 2. The predicted molar refractivity (Wildman–Crippen MR) is 128 cm³/mol. The van der Waals surface area contributed by atoms with Gasteiger partial charge in [0.2, 0.25) is 11.8 Å². The Balaban J connectivity index is 1.43. The normalized spacial score (nSPS) is 12.8. The molecule has 3 aromatic rings. The van der Waals surface area contributed by atoms with Gasteiger partial charge >= 0.3 is 5.97 Å². The number of unbranched alkanes of at least 4 members (excludes halogenated alkanes) is 1. The fourth-order valence-corrected chi connectivity index (χ4v) is 4.01. The molecule has 34 heavy (non-hydrogen) atoms. The summed E-state index contributed by atoms with van der Waals surface area (Å²) in [5.74, 6) is -0.866. The van der Waals surface area contributed by atoms with E-state index in [0.29, 0.717) is 25.3 Å². The zero-order valence-electron chi connectivity index (χ0n) is 18.6. The number of hydrogen-bond donors (Lipinski definition) is 2. The molecule has 0 bridgehead atoms. The van der Waals surface area contributed by atoms with Crippen LogP contribution < -0.4 is 10.1 Å². The Hall–Kier alpha value is -4.00. The number of hydrogen-bond acceptors (Lipinski definition) is 4. The lowest BCUT2D eigenvalue weighted by Gasteiger charge is -2.10. The molecule has 6 nitrogen and oxygen atoms in total. The molecule has 0 radical (unpaired) electrons. The highest BCUT2D eigenvalue weighted by atomic mass is 19.1. The van der Waals surface area contributed by atoms with E-state index in [0.717, 1.165) is 33.4 Å². The first kappa shape index (κ1) is 23.2. The van der Waals surface area contributed by atoms with Crippen LogP contribution in [-0.2, 0) is 9.59 Å². The molecule has 2 N–H and O–H groups in total. The molecule has 1 aromatic heterocycles. The fraction of sp³-hybridized carbons (Fsp3) is 0.222. The van der Waals surface area contributed by atoms with Crippen molar-refractivity contribution < 1.29 is 23.8 Å². The number of fused-ring (bicyclic) bond motifs is 3. The molecule has 0 spiro atoms. The van der Waals surface area contributed by atoms with Crippen LogP contribution >= 0.6 is 0 Å². The van der Waals surface area contributed by atoms with Crippen molar-refractivity contribution in [3.63, 3.8) is 0 Å². The van der Waals surface area contributed by atoms with Gasteiger partial charge in [0.25, 0.3) is 0 Å². The minimum Gasteiger partial charge on any atom is -0.481 e. The minimum atomic E-state index is -0.857. The van der Waals surface area contributed by atoms with Crippen molar-refractivity contribution in [2.45, 2.75) is 25.7 Å². The van der Waals surface area contributed by atoms with E-state index in [1.807, 2.05) is 42.5 Å². The number of ether oxygens (including phenoxy) is 1. The Bertz CT molecular complexity index is 1240. The van der Waals surface area contributed by atoms with E-state index in [-0.39, 0.29) is 31.2 Å². The molecule has 2 aromatic carbocycles. The van der Waals surface area contributed by atoms with Crippen LogP contribution in [0.15, 0.2) is 60.8 Å². The molecular weight excluding hydrogens is 435 g/mol. The van der Waals surface area contributed by atoms with Crippen molar-refractivity contribution in [1.29, 1.82) is 0 Å². The molecule has 4 rings (SSSR count). The number of nitrogens with one attached hydrogen (secondary N) is 1. The molecule has 7 heteroatoms. The summed E-state index contributed by atoms with van der Waals surface area (Å²) in [6, 6.07) is 16.5. The molecule has 0 aliphatic heterocycles. The van der Waals surface area contributed by atoms with Gasteiger partial charge in [-0.25, -0.2) is 9.37 Å². The Kier molecular flexibility index (Phi) is 7.32. The number of carbonyl (C=O) groups is 2. The second kappa shape index (κ2) is 10.7. The van der Waals surface area contributed by atoms with E-state index in [9.17, 15) is 14.0 Å². The summed E-state index contributed by atoms with van der Waals surface area (Å²) in [6.07, 6.45) is 4.93. The number of nitrogens with zero attached hydrogens (tertiary/aromatic N) is 1. The smallest absolute Gasteiger partial charge is 0.303 e. The van der Waals surface area contributed by atoms with Gasteiger partial charge in [0, 0.05) is 24.6 Å². The summed E-state index contributed by atoms with van der Waals surface area (Å²) in [4.78, 5) is 26.7. The van der Waals surface area contributed by atoms with Crippen LogP contribution in [0, 0.1) is 5.82 Å². The molecular formula is C27H25FN2O4. The zero-order chi connectivity index (χ0) is 23.9. The summed E-state index contributed by atoms with van der Waals surface area (Å²) in [7, 11) is 0. The van der Waals surface area contributed by atoms with E-state index < -0.39 is 5.97 Å². The average Bonchev–Trinajstić information content (AvgIpc) is 3.13. The second-order valence-corrected chi connectivity index (χ2v) is 7.99. The van der Waals surface area contributed by atoms with Crippen molar-refractivity contribution >= 4 is 23.5 Å². The third-order valence-corrected chi connectivity index (χ3v) is 5.59. The molecule has 0 saturated carbocycles. The first-order valence-corrected chi connectivity index (χ1v) is 11.2. The number of aliphatic carboxylic acids is 1. The summed E-state index contributed by atoms with van der Waals surface area (Å²) < 4.78 is 19.9. The van der Waals surface area contributed by atoms with E-state index in [1.165, 1.54) is 6.07 Å². The largest absolute Gasteiger partial charge is 0.481 e. The summed E-state index contributed by atoms with van der Waals surface area (Å²) in [5, 5.41) is 11.4. The lowest BCUT2D eigenvalue weighted by atomic mass is 10.0. The number of halogens is 1. The highest BCUT2D eigenvalue weighted by Crippen LogP contribution is 2.45. The number of aromatic nitrogens is 1. The van der Waals surface area contributed by atoms with Gasteiger partial charge in [-0.15, -0.1) is 0 Å². The molecule has 0 unspecified atom stereocenters. The fourth-order valence-electron chi connectivity index (χ4n) is 4.01. The second-order valence-electron chi connectivity index (χ2n) is 7.99. The van der Waals surface area contributed by atoms with Crippen LogP contribution in [0.3, 0.4) is 0 Å². The van der Waals surface area contributed by atoms with Crippen molar-refractivity contribution in [2.24, 2.45) is 0 Å². The minimum absolute atomic E-state index is 0.0654. The highest BCUT2D eigenvalue weighted by Gasteiger charge is 2.23. The van der Waals surface area contributed by atoms with Crippen molar-refractivity contribution in [2.75, 3.05) is 13.2 Å². The van der Waals surface area contributed by atoms with Crippen molar-refractivity contribution in [1.82, 2.24) is 10.3 Å². The maximum atomic E-state index is 14.1. The molecule has 1 amide bonds. The van der Waals surface area contributed by atoms with E-state index >= 15 is 0 Å². The first-order chi connectivity index (χ1) is 16.5. The molecule has 0 fully saturated rings. The number of carboxylic acids is 1. The Morgan fingerprint density at radius 3 is 2.56 bits per heavy atom. The monoisotopic (exact) mass is 460 g/mol. The highest BCUT2D eigenvalue weighted by molar-refractivity contribution is 6.06. The third-order valence-electron chi connectivity index (χ3n) is 5.59. The van der Waals surface area contributed by atoms with Gasteiger partial charge in [-0.1, -0.05) is 30.3 Å². The number of carbonyl (C=O) groups excluding carboxylic acids is 1. The van der Waals surface area contributed by atoms with Crippen molar-refractivity contribution in [3.05, 3.63) is 83.3 Å². The maximum Gasteiger partial charge on any atom is 0.303 e. The quantitative estimate of drug-likeness (QED) is 0.328.